The number of nitrogens with one attached hydrogen (secondary N) is 2. The van der Waals surface area contributed by atoms with Crippen LogP contribution in [-0.2, 0) is 20.8 Å². The van der Waals surface area contributed by atoms with E-state index in [9.17, 15) is 18.8 Å². The van der Waals surface area contributed by atoms with Gasteiger partial charge in [0.1, 0.15) is 5.82 Å². The number of benzene rings is 1. The summed E-state index contributed by atoms with van der Waals surface area (Å²) in [5.41, 5.74) is 0.723. The molecular weight excluding hydrogens is 325 g/mol. The molecule has 1 saturated heterocycles. The van der Waals surface area contributed by atoms with E-state index in [0.717, 1.165) is 5.56 Å². The average Bonchev–Trinajstić information content (AvgIpc) is 2.96. The first-order valence-corrected chi connectivity index (χ1v) is 8.45. The third kappa shape index (κ3) is 5.55. The third-order valence-corrected chi connectivity index (χ3v) is 4.18. The number of hydrogen-bond donors (Lipinski definition) is 2. The Morgan fingerprint density at radius 1 is 1.20 bits per heavy atom. The number of nitrogens with zero attached hydrogens (tertiary/aromatic N) is 1. The number of amides is 3. The molecule has 1 aliphatic heterocycles. The second-order valence-corrected chi connectivity index (χ2v) is 6.49. The van der Waals surface area contributed by atoms with Crippen molar-refractivity contribution >= 4 is 17.7 Å². The molecule has 1 aromatic rings. The Hall–Kier alpha value is -2.44. The fourth-order valence-corrected chi connectivity index (χ4v) is 2.79. The molecule has 0 aliphatic carbocycles. The molecule has 0 saturated carbocycles. The fraction of sp³-hybridized carbons (Fsp3) is 0.500. The van der Waals surface area contributed by atoms with E-state index in [-0.39, 0.29) is 48.3 Å². The molecule has 2 rings (SSSR count). The molecule has 1 heterocycles. The predicted octanol–water partition coefficient (Wildman–Crippen LogP) is 0.857. The van der Waals surface area contributed by atoms with Gasteiger partial charge in [0, 0.05) is 32.1 Å². The zero-order valence-corrected chi connectivity index (χ0v) is 14.5. The Kier molecular flexibility index (Phi) is 6.50. The lowest BCUT2D eigenvalue weighted by atomic mass is 10.1. The standard InChI is InChI=1S/C18H24FN3O3/c1-12(2)22-11-14(10-17(22)24)18(25)21-8-7-20-16(23)9-13-3-5-15(19)6-4-13/h3-6,12,14H,7-11H2,1-2H3,(H,20,23)(H,21,25)/t14-/m1/s1. The van der Waals surface area contributed by atoms with Crippen molar-refractivity contribution in [3.05, 3.63) is 35.6 Å². The highest BCUT2D eigenvalue weighted by Crippen LogP contribution is 2.19. The molecule has 0 radical (unpaired) electrons. The van der Waals surface area contributed by atoms with Crippen LogP contribution >= 0.6 is 0 Å². The third-order valence-electron chi connectivity index (χ3n) is 4.18. The Balaban J connectivity index is 1.65. The van der Waals surface area contributed by atoms with Crippen LogP contribution in [0, 0.1) is 11.7 Å². The number of carbonyl (C=O) groups excluding carboxylic acids is 3. The van der Waals surface area contributed by atoms with Gasteiger partial charge in [-0.2, -0.15) is 0 Å². The lowest BCUT2D eigenvalue weighted by molar-refractivity contribution is -0.129. The van der Waals surface area contributed by atoms with Crippen LogP contribution in [0.4, 0.5) is 4.39 Å². The number of carbonyl (C=O) groups is 3. The maximum atomic E-state index is 12.8. The van der Waals surface area contributed by atoms with Gasteiger partial charge in [0.05, 0.1) is 12.3 Å². The largest absolute Gasteiger partial charge is 0.354 e. The topological polar surface area (TPSA) is 78.5 Å². The van der Waals surface area contributed by atoms with Crippen molar-refractivity contribution in [2.75, 3.05) is 19.6 Å². The Morgan fingerprint density at radius 2 is 1.84 bits per heavy atom. The highest BCUT2D eigenvalue weighted by Gasteiger charge is 2.35. The Bertz CT molecular complexity index is 631. The number of rotatable bonds is 7. The van der Waals surface area contributed by atoms with Crippen LogP contribution in [-0.4, -0.2) is 48.3 Å². The minimum Gasteiger partial charge on any atom is -0.354 e. The van der Waals surface area contributed by atoms with Crippen molar-refractivity contribution in [1.29, 1.82) is 0 Å². The number of hydrogen-bond acceptors (Lipinski definition) is 3. The lowest BCUT2D eigenvalue weighted by Gasteiger charge is -2.20. The zero-order chi connectivity index (χ0) is 18.4. The smallest absolute Gasteiger partial charge is 0.225 e. The molecule has 25 heavy (non-hydrogen) atoms. The summed E-state index contributed by atoms with van der Waals surface area (Å²) >= 11 is 0. The van der Waals surface area contributed by atoms with Crippen molar-refractivity contribution in [3.63, 3.8) is 0 Å². The second kappa shape index (κ2) is 8.60. The molecule has 2 N–H and O–H groups in total. The lowest BCUT2D eigenvalue weighted by Crippen LogP contribution is -2.39. The van der Waals surface area contributed by atoms with Crippen molar-refractivity contribution in [3.8, 4) is 0 Å². The van der Waals surface area contributed by atoms with Crippen molar-refractivity contribution in [1.82, 2.24) is 15.5 Å². The van der Waals surface area contributed by atoms with Crippen LogP contribution in [0.3, 0.4) is 0 Å². The summed E-state index contributed by atoms with van der Waals surface area (Å²) in [4.78, 5) is 37.4. The molecule has 0 unspecified atom stereocenters. The van der Waals surface area contributed by atoms with Gasteiger partial charge in [0.15, 0.2) is 0 Å². The molecule has 0 bridgehead atoms. The second-order valence-electron chi connectivity index (χ2n) is 6.49. The van der Waals surface area contributed by atoms with E-state index in [1.54, 1.807) is 17.0 Å². The molecule has 3 amide bonds. The van der Waals surface area contributed by atoms with Crippen LogP contribution in [0.5, 0.6) is 0 Å². The summed E-state index contributed by atoms with van der Waals surface area (Å²) in [6.45, 7) is 4.91. The molecule has 0 spiro atoms. The van der Waals surface area contributed by atoms with Crippen molar-refractivity contribution < 1.29 is 18.8 Å². The predicted molar refractivity (Wildman–Crippen MR) is 91.1 cm³/mol. The van der Waals surface area contributed by atoms with Crippen LogP contribution in [0.15, 0.2) is 24.3 Å². The molecular formula is C18H24FN3O3. The van der Waals surface area contributed by atoms with Gasteiger partial charge in [-0.1, -0.05) is 12.1 Å². The molecule has 1 aliphatic rings. The summed E-state index contributed by atoms with van der Waals surface area (Å²) in [7, 11) is 0. The average molecular weight is 349 g/mol. The molecule has 6 nitrogen and oxygen atoms in total. The van der Waals surface area contributed by atoms with E-state index in [1.165, 1.54) is 12.1 Å². The summed E-state index contributed by atoms with van der Waals surface area (Å²) in [5, 5.41) is 5.45. The molecule has 1 fully saturated rings. The van der Waals surface area contributed by atoms with Crippen LogP contribution < -0.4 is 10.6 Å². The highest BCUT2D eigenvalue weighted by molar-refractivity contribution is 5.89. The van der Waals surface area contributed by atoms with Crippen LogP contribution in [0.2, 0.25) is 0 Å². The number of halogens is 1. The van der Waals surface area contributed by atoms with Gasteiger partial charge < -0.3 is 15.5 Å². The maximum absolute atomic E-state index is 12.8. The first-order valence-electron chi connectivity index (χ1n) is 8.45. The van der Waals surface area contributed by atoms with E-state index in [0.29, 0.717) is 19.6 Å². The highest BCUT2D eigenvalue weighted by atomic mass is 19.1. The minimum absolute atomic E-state index is 0.00255. The maximum Gasteiger partial charge on any atom is 0.225 e. The molecule has 1 atom stereocenters. The monoisotopic (exact) mass is 349 g/mol. The van der Waals surface area contributed by atoms with E-state index in [4.69, 9.17) is 0 Å². The first-order chi connectivity index (χ1) is 11.9. The SMILES string of the molecule is CC(C)N1C[C@H](C(=O)NCCNC(=O)Cc2ccc(F)cc2)CC1=O. The minimum atomic E-state index is -0.340. The molecule has 7 heteroatoms. The molecule has 1 aromatic carbocycles. The van der Waals surface area contributed by atoms with Crippen molar-refractivity contribution in [2.45, 2.75) is 32.7 Å². The summed E-state index contributed by atoms with van der Waals surface area (Å²) in [6, 6.07) is 5.84. The van der Waals surface area contributed by atoms with E-state index >= 15 is 0 Å². The van der Waals surface area contributed by atoms with Crippen LogP contribution in [0.1, 0.15) is 25.8 Å². The van der Waals surface area contributed by atoms with Gasteiger partial charge in [0.2, 0.25) is 17.7 Å². The normalized spacial score (nSPS) is 17.0. The van der Waals surface area contributed by atoms with E-state index in [1.807, 2.05) is 13.8 Å². The summed E-state index contributed by atoms with van der Waals surface area (Å²) < 4.78 is 12.8. The fourth-order valence-electron chi connectivity index (χ4n) is 2.79. The molecule has 0 aromatic heterocycles. The van der Waals surface area contributed by atoms with Crippen LogP contribution in [0.25, 0.3) is 0 Å². The van der Waals surface area contributed by atoms with Gasteiger partial charge in [-0.15, -0.1) is 0 Å². The zero-order valence-electron chi connectivity index (χ0n) is 14.5. The van der Waals surface area contributed by atoms with Crippen molar-refractivity contribution in [2.24, 2.45) is 5.92 Å². The van der Waals surface area contributed by atoms with Gasteiger partial charge in [-0.05, 0) is 31.5 Å². The summed E-state index contributed by atoms with van der Waals surface area (Å²) in [6.07, 6.45) is 0.398. The Labute approximate surface area is 146 Å². The Morgan fingerprint density at radius 3 is 2.44 bits per heavy atom. The van der Waals surface area contributed by atoms with E-state index < -0.39 is 0 Å². The number of likely N-dealkylation sites (tertiary alicyclic amines) is 1. The van der Waals surface area contributed by atoms with Gasteiger partial charge in [-0.25, -0.2) is 4.39 Å². The first kappa shape index (κ1) is 18.9. The van der Waals surface area contributed by atoms with Gasteiger partial charge >= 0.3 is 0 Å². The van der Waals surface area contributed by atoms with E-state index in [2.05, 4.69) is 10.6 Å². The van der Waals surface area contributed by atoms with Gasteiger partial charge in [0.25, 0.3) is 0 Å². The van der Waals surface area contributed by atoms with Gasteiger partial charge in [-0.3, -0.25) is 14.4 Å². The molecule has 136 valence electrons. The quantitative estimate of drug-likeness (QED) is 0.717. The summed E-state index contributed by atoms with van der Waals surface area (Å²) in [5.74, 6) is -1.02.